The average molecular weight is 684 g/mol. The summed E-state index contributed by atoms with van der Waals surface area (Å²) in [5.41, 5.74) is 0. The van der Waals surface area contributed by atoms with Crippen LogP contribution in [0.1, 0.15) is 200 Å². The maximum atomic E-state index is 12.3. The maximum Gasteiger partial charge on any atom is 0.220 e. The minimum absolute atomic E-state index is 0.0395. The topological polar surface area (TPSA) is 69.6 Å². The van der Waals surface area contributed by atoms with Crippen molar-refractivity contribution in [2.24, 2.45) is 0 Å². The highest BCUT2D eigenvalue weighted by Crippen LogP contribution is 2.15. The molecule has 3 N–H and O–H groups in total. The van der Waals surface area contributed by atoms with E-state index in [1.807, 2.05) is 0 Å². The Bertz CT molecular complexity index is 827. The number of unbranched alkanes of at least 4 members (excludes halogenated alkanes) is 20. The van der Waals surface area contributed by atoms with Gasteiger partial charge in [0.1, 0.15) is 0 Å². The van der Waals surface area contributed by atoms with E-state index in [2.05, 4.69) is 79.9 Å². The van der Waals surface area contributed by atoms with E-state index in [1.165, 1.54) is 116 Å². The lowest BCUT2D eigenvalue weighted by atomic mass is 10.0. The Morgan fingerprint density at radius 1 is 0.510 bits per heavy atom. The molecule has 0 saturated heterocycles. The number of rotatable bonds is 37. The number of carbonyl (C=O) groups excluding carboxylic acids is 1. The first-order valence-electron chi connectivity index (χ1n) is 21.0. The Morgan fingerprint density at radius 2 is 0.898 bits per heavy atom. The van der Waals surface area contributed by atoms with Crippen LogP contribution in [0.2, 0.25) is 0 Å². The molecule has 0 aliphatic carbocycles. The van der Waals surface area contributed by atoms with E-state index in [0.717, 1.165) is 57.8 Å². The third-order valence-corrected chi connectivity index (χ3v) is 9.29. The van der Waals surface area contributed by atoms with Gasteiger partial charge in [0.05, 0.1) is 18.8 Å². The quantitative estimate of drug-likeness (QED) is 0.0451. The number of hydrogen-bond donors (Lipinski definition) is 3. The summed E-state index contributed by atoms with van der Waals surface area (Å²) in [5, 5.41) is 22.8. The number of carbonyl (C=O) groups is 1. The normalized spacial score (nSPS) is 13.6. The Hall–Kier alpha value is -1.91. The number of aliphatic hydroxyl groups is 2. The molecule has 0 bridgehead atoms. The van der Waals surface area contributed by atoms with E-state index in [1.54, 1.807) is 0 Å². The fraction of sp³-hybridized carbons (Fsp3) is 0.756. The lowest BCUT2D eigenvalue weighted by Crippen LogP contribution is -2.45. The molecule has 0 aliphatic heterocycles. The number of nitrogens with one attached hydrogen (secondary N) is 1. The van der Waals surface area contributed by atoms with E-state index in [4.69, 9.17) is 0 Å². The summed E-state index contributed by atoms with van der Waals surface area (Å²) < 4.78 is 0. The van der Waals surface area contributed by atoms with Crippen molar-refractivity contribution in [2.75, 3.05) is 6.61 Å². The standard InChI is InChI=1S/C45H81NO3/c1-3-5-7-9-11-12-13-14-15-16-17-18-19-20-21-22-23-24-25-26-27-28-29-30-31-32-33-34-35-37-39-41-45(49)46-43(42-47)44(48)40-38-36-10-8-6-4-2/h5,7,11-12,14-15,17-18,20-21,43-44,47-48H,3-4,6,8-10,13,16,19,22-42H2,1-2H3,(H,46,49)/b7-5-,12-11-,15-14-,18-17-,21-20-. The molecule has 284 valence electrons. The maximum absolute atomic E-state index is 12.3. The van der Waals surface area contributed by atoms with E-state index < -0.39 is 12.1 Å². The fourth-order valence-corrected chi connectivity index (χ4v) is 6.09. The average Bonchev–Trinajstić information content (AvgIpc) is 3.10. The van der Waals surface area contributed by atoms with Gasteiger partial charge in [0.15, 0.2) is 0 Å². The third-order valence-electron chi connectivity index (χ3n) is 9.29. The summed E-state index contributed by atoms with van der Waals surface area (Å²) >= 11 is 0. The van der Waals surface area contributed by atoms with E-state index in [-0.39, 0.29) is 12.5 Å². The van der Waals surface area contributed by atoms with Gasteiger partial charge in [0.2, 0.25) is 5.91 Å². The Balaban J connectivity index is 3.44. The van der Waals surface area contributed by atoms with Crippen molar-refractivity contribution in [2.45, 2.75) is 212 Å². The number of hydrogen-bond acceptors (Lipinski definition) is 3. The summed E-state index contributed by atoms with van der Waals surface area (Å²) in [7, 11) is 0. The van der Waals surface area contributed by atoms with E-state index in [0.29, 0.717) is 12.8 Å². The molecule has 49 heavy (non-hydrogen) atoms. The molecule has 0 radical (unpaired) electrons. The Kier molecular flexibility index (Phi) is 38.9. The Morgan fingerprint density at radius 3 is 1.35 bits per heavy atom. The summed E-state index contributed by atoms with van der Waals surface area (Å²) in [5.74, 6) is -0.0395. The van der Waals surface area contributed by atoms with Gasteiger partial charge in [-0.1, -0.05) is 197 Å². The van der Waals surface area contributed by atoms with Gasteiger partial charge in [0, 0.05) is 6.42 Å². The molecule has 0 spiro atoms. The molecule has 2 unspecified atom stereocenters. The predicted molar refractivity (Wildman–Crippen MR) is 216 cm³/mol. The number of allylic oxidation sites excluding steroid dienone is 10. The lowest BCUT2D eigenvalue weighted by Gasteiger charge is -2.22. The smallest absolute Gasteiger partial charge is 0.220 e. The Labute approximate surface area is 305 Å². The summed E-state index contributed by atoms with van der Waals surface area (Å²) in [6.07, 6.45) is 56.1. The molecule has 0 aliphatic rings. The van der Waals surface area contributed by atoms with Crippen LogP contribution in [0.5, 0.6) is 0 Å². The van der Waals surface area contributed by atoms with Crippen LogP contribution in [0.4, 0.5) is 0 Å². The van der Waals surface area contributed by atoms with Crippen LogP contribution in [-0.2, 0) is 4.79 Å². The van der Waals surface area contributed by atoms with Crippen LogP contribution in [-0.4, -0.2) is 34.9 Å². The molecule has 4 nitrogen and oxygen atoms in total. The minimum atomic E-state index is -0.656. The van der Waals surface area contributed by atoms with E-state index >= 15 is 0 Å². The molecule has 0 rings (SSSR count). The zero-order chi connectivity index (χ0) is 35.7. The number of aliphatic hydroxyl groups excluding tert-OH is 2. The molecule has 2 atom stereocenters. The van der Waals surface area contributed by atoms with Crippen molar-refractivity contribution in [3.8, 4) is 0 Å². The summed E-state index contributed by atoms with van der Waals surface area (Å²) in [6.45, 7) is 4.18. The molecule has 0 heterocycles. The van der Waals surface area contributed by atoms with Crippen molar-refractivity contribution in [1.29, 1.82) is 0 Å². The molecule has 0 saturated carbocycles. The van der Waals surface area contributed by atoms with Crippen LogP contribution < -0.4 is 5.32 Å². The highest BCUT2D eigenvalue weighted by atomic mass is 16.3. The largest absolute Gasteiger partial charge is 0.394 e. The van der Waals surface area contributed by atoms with Gasteiger partial charge in [-0.2, -0.15) is 0 Å². The molecule has 0 aromatic carbocycles. The second kappa shape index (κ2) is 40.5. The van der Waals surface area contributed by atoms with Gasteiger partial charge in [-0.25, -0.2) is 0 Å². The first-order chi connectivity index (χ1) is 24.2. The molecule has 4 heteroatoms. The fourth-order valence-electron chi connectivity index (χ4n) is 6.09. The summed E-state index contributed by atoms with van der Waals surface area (Å²) in [6, 6.07) is -0.533. The molecule has 0 fully saturated rings. The van der Waals surface area contributed by atoms with Crippen molar-refractivity contribution in [1.82, 2.24) is 5.32 Å². The van der Waals surface area contributed by atoms with Gasteiger partial charge < -0.3 is 15.5 Å². The SMILES string of the molecule is CC/C=C\C/C=C\C/C=C\C/C=C\C/C=C\CCCCCCCCCCCCCCCCCC(=O)NC(CO)C(O)CCCCCCCC. The van der Waals surface area contributed by atoms with Crippen molar-refractivity contribution < 1.29 is 15.0 Å². The van der Waals surface area contributed by atoms with Gasteiger partial charge >= 0.3 is 0 Å². The van der Waals surface area contributed by atoms with Crippen LogP contribution in [0.25, 0.3) is 0 Å². The highest BCUT2D eigenvalue weighted by molar-refractivity contribution is 5.76. The second-order valence-corrected chi connectivity index (χ2v) is 14.0. The zero-order valence-corrected chi connectivity index (χ0v) is 32.4. The first kappa shape index (κ1) is 47.1. The van der Waals surface area contributed by atoms with Gasteiger partial charge in [-0.05, 0) is 57.8 Å². The first-order valence-corrected chi connectivity index (χ1v) is 21.0. The van der Waals surface area contributed by atoms with Crippen LogP contribution >= 0.6 is 0 Å². The molecule has 0 aromatic rings. The monoisotopic (exact) mass is 684 g/mol. The highest BCUT2D eigenvalue weighted by Gasteiger charge is 2.19. The van der Waals surface area contributed by atoms with Gasteiger partial charge in [-0.3, -0.25) is 4.79 Å². The predicted octanol–water partition coefficient (Wildman–Crippen LogP) is 13.0. The van der Waals surface area contributed by atoms with Crippen LogP contribution in [0, 0.1) is 0 Å². The second-order valence-electron chi connectivity index (χ2n) is 14.0. The molecule has 1 amide bonds. The van der Waals surface area contributed by atoms with Gasteiger partial charge in [-0.15, -0.1) is 0 Å². The van der Waals surface area contributed by atoms with Crippen molar-refractivity contribution in [3.63, 3.8) is 0 Å². The molecular formula is C45H81NO3. The molecular weight excluding hydrogens is 602 g/mol. The number of amides is 1. The van der Waals surface area contributed by atoms with Crippen LogP contribution in [0.15, 0.2) is 60.8 Å². The van der Waals surface area contributed by atoms with Crippen molar-refractivity contribution >= 4 is 5.91 Å². The molecule has 0 aromatic heterocycles. The summed E-state index contributed by atoms with van der Waals surface area (Å²) in [4.78, 5) is 12.3. The third kappa shape index (κ3) is 37.2. The van der Waals surface area contributed by atoms with Crippen molar-refractivity contribution in [3.05, 3.63) is 60.8 Å². The zero-order valence-electron chi connectivity index (χ0n) is 32.4. The lowest BCUT2D eigenvalue weighted by molar-refractivity contribution is -0.123. The minimum Gasteiger partial charge on any atom is -0.394 e. The van der Waals surface area contributed by atoms with Crippen LogP contribution in [0.3, 0.4) is 0 Å². The van der Waals surface area contributed by atoms with E-state index in [9.17, 15) is 15.0 Å². The van der Waals surface area contributed by atoms with Gasteiger partial charge in [0.25, 0.3) is 0 Å².